The Morgan fingerprint density at radius 3 is 3.00 bits per heavy atom. The molecule has 0 spiro atoms. The van der Waals surface area contributed by atoms with Crippen LogP contribution < -0.4 is 5.73 Å². The highest BCUT2D eigenvalue weighted by atomic mass is 14.7. The quantitative estimate of drug-likeness (QED) is 0.653. The van der Waals surface area contributed by atoms with Gasteiger partial charge in [0.05, 0.1) is 0 Å². The minimum Gasteiger partial charge on any atom is -0.324 e. The lowest BCUT2D eigenvalue weighted by Crippen LogP contribution is -2.19. The summed E-state index contributed by atoms with van der Waals surface area (Å²) in [5.41, 5.74) is 6.66. The molecule has 0 radical (unpaired) electrons. The van der Waals surface area contributed by atoms with Crippen LogP contribution in [0.15, 0.2) is 37.1 Å². The van der Waals surface area contributed by atoms with Crippen LogP contribution in [0.3, 0.4) is 0 Å². The van der Waals surface area contributed by atoms with Gasteiger partial charge in [0.1, 0.15) is 0 Å². The number of rotatable bonds is 3. The van der Waals surface area contributed by atoms with Gasteiger partial charge in [-0.25, -0.2) is 0 Å². The van der Waals surface area contributed by atoms with E-state index in [2.05, 4.69) is 11.6 Å². The second-order valence-corrected chi connectivity index (χ2v) is 2.42. The van der Waals surface area contributed by atoms with Gasteiger partial charge in [-0.05, 0) is 12.1 Å². The fraction of sp³-hybridized carbons (Fsp3) is 0.222. The number of nitrogens with zero attached hydrogens (tertiary/aromatic N) is 1. The predicted octanol–water partition coefficient (Wildman–Crippen LogP) is 1.14. The normalized spacial score (nSPS) is 12.5. The average Bonchev–Trinajstić information content (AvgIpc) is 2.06. The van der Waals surface area contributed by atoms with Crippen molar-refractivity contribution in [3.05, 3.63) is 42.7 Å². The Kier molecular flexibility index (Phi) is 2.81. The molecular formula is C9H12N2. The molecule has 1 atom stereocenters. The standard InChI is InChI=1S/C9H12N2/c1-2-8(10)7-9-5-3-4-6-11-9/h2-6,8H,1,7,10H2. The Morgan fingerprint density at radius 1 is 1.64 bits per heavy atom. The Morgan fingerprint density at radius 2 is 2.45 bits per heavy atom. The molecule has 1 aromatic heterocycles. The van der Waals surface area contributed by atoms with Gasteiger partial charge in [-0.1, -0.05) is 12.1 Å². The molecule has 0 aliphatic rings. The van der Waals surface area contributed by atoms with Crippen LogP contribution in [0.5, 0.6) is 0 Å². The summed E-state index contributed by atoms with van der Waals surface area (Å²) >= 11 is 0. The Hall–Kier alpha value is -1.15. The molecule has 0 aliphatic heterocycles. The fourth-order valence-corrected chi connectivity index (χ4v) is 0.844. The topological polar surface area (TPSA) is 38.9 Å². The Labute approximate surface area is 66.8 Å². The van der Waals surface area contributed by atoms with Gasteiger partial charge in [0.15, 0.2) is 0 Å². The molecule has 0 aliphatic carbocycles. The highest BCUT2D eigenvalue weighted by Gasteiger charge is 1.97. The molecular weight excluding hydrogens is 136 g/mol. The van der Waals surface area contributed by atoms with E-state index in [1.54, 1.807) is 12.3 Å². The van der Waals surface area contributed by atoms with Crippen molar-refractivity contribution >= 4 is 0 Å². The summed E-state index contributed by atoms with van der Waals surface area (Å²) in [5.74, 6) is 0. The van der Waals surface area contributed by atoms with Crippen molar-refractivity contribution in [2.24, 2.45) is 5.73 Å². The maximum absolute atomic E-state index is 5.65. The summed E-state index contributed by atoms with van der Waals surface area (Å²) in [6, 6.07) is 5.83. The third-order valence-corrected chi connectivity index (χ3v) is 1.47. The van der Waals surface area contributed by atoms with Gasteiger partial charge in [0.2, 0.25) is 0 Å². The van der Waals surface area contributed by atoms with Crippen molar-refractivity contribution in [2.75, 3.05) is 0 Å². The second-order valence-electron chi connectivity index (χ2n) is 2.42. The van der Waals surface area contributed by atoms with Crippen LogP contribution in [-0.4, -0.2) is 11.0 Å². The molecule has 1 unspecified atom stereocenters. The van der Waals surface area contributed by atoms with Crippen LogP contribution >= 0.6 is 0 Å². The van der Waals surface area contributed by atoms with Crippen LogP contribution in [-0.2, 0) is 6.42 Å². The van der Waals surface area contributed by atoms with E-state index >= 15 is 0 Å². The van der Waals surface area contributed by atoms with Crippen LogP contribution in [0.1, 0.15) is 5.69 Å². The summed E-state index contributed by atoms with van der Waals surface area (Å²) in [6.45, 7) is 3.60. The van der Waals surface area contributed by atoms with Crippen molar-refractivity contribution in [1.82, 2.24) is 4.98 Å². The monoisotopic (exact) mass is 148 g/mol. The zero-order valence-corrected chi connectivity index (χ0v) is 6.40. The molecule has 2 N–H and O–H groups in total. The number of nitrogens with two attached hydrogens (primary N) is 1. The molecule has 0 fully saturated rings. The lowest BCUT2D eigenvalue weighted by Gasteiger charge is -2.03. The van der Waals surface area contributed by atoms with Gasteiger partial charge >= 0.3 is 0 Å². The number of hydrogen-bond acceptors (Lipinski definition) is 2. The van der Waals surface area contributed by atoms with Crippen molar-refractivity contribution in [3.63, 3.8) is 0 Å². The van der Waals surface area contributed by atoms with E-state index in [9.17, 15) is 0 Å². The molecule has 11 heavy (non-hydrogen) atoms. The summed E-state index contributed by atoms with van der Waals surface area (Å²) in [5, 5.41) is 0. The first-order valence-corrected chi connectivity index (χ1v) is 3.61. The van der Waals surface area contributed by atoms with Crippen molar-refractivity contribution in [1.29, 1.82) is 0 Å². The van der Waals surface area contributed by atoms with Gasteiger partial charge in [0, 0.05) is 24.4 Å². The molecule has 1 aromatic rings. The number of aromatic nitrogens is 1. The third-order valence-electron chi connectivity index (χ3n) is 1.47. The van der Waals surface area contributed by atoms with E-state index < -0.39 is 0 Å². The van der Waals surface area contributed by atoms with Crippen LogP contribution in [0.2, 0.25) is 0 Å². The molecule has 1 rings (SSSR count). The largest absolute Gasteiger partial charge is 0.324 e. The lowest BCUT2D eigenvalue weighted by atomic mass is 10.1. The molecule has 0 saturated heterocycles. The summed E-state index contributed by atoms with van der Waals surface area (Å²) in [7, 11) is 0. The third kappa shape index (κ3) is 2.51. The zero-order chi connectivity index (χ0) is 8.10. The van der Waals surface area contributed by atoms with E-state index in [1.807, 2.05) is 18.2 Å². The van der Waals surface area contributed by atoms with E-state index in [4.69, 9.17) is 5.73 Å². The van der Waals surface area contributed by atoms with Gasteiger partial charge < -0.3 is 5.73 Å². The van der Waals surface area contributed by atoms with Crippen LogP contribution in [0.25, 0.3) is 0 Å². The van der Waals surface area contributed by atoms with E-state index in [0.717, 1.165) is 12.1 Å². The van der Waals surface area contributed by atoms with Crippen molar-refractivity contribution in [2.45, 2.75) is 12.5 Å². The van der Waals surface area contributed by atoms with Gasteiger partial charge in [0.25, 0.3) is 0 Å². The smallest absolute Gasteiger partial charge is 0.0422 e. The lowest BCUT2D eigenvalue weighted by molar-refractivity contribution is 0.789. The van der Waals surface area contributed by atoms with E-state index in [-0.39, 0.29) is 6.04 Å². The first kappa shape index (κ1) is 7.95. The SMILES string of the molecule is C=CC(N)Cc1ccccn1. The highest BCUT2D eigenvalue weighted by molar-refractivity contribution is 5.06. The maximum Gasteiger partial charge on any atom is 0.0422 e. The van der Waals surface area contributed by atoms with E-state index in [1.165, 1.54) is 0 Å². The number of hydrogen-bond donors (Lipinski definition) is 1. The van der Waals surface area contributed by atoms with Gasteiger partial charge in [-0.2, -0.15) is 0 Å². The first-order valence-electron chi connectivity index (χ1n) is 3.61. The molecule has 1 heterocycles. The highest BCUT2D eigenvalue weighted by Crippen LogP contribution is 1.97. The molecule has 58 valence electrons. The molecule has 0 aromatic carbocycles. The first-order chi connectivity index (χ1) is 5.33. The van der Waals surface area contributed by atoms with Gasteiger partial charge in [-0.3, -0.25) is 4.98 Å². The predicted molar refractivity (Wildman–Crippen MR) is 46.1 cm³/mol. The maximum atomic E-state index is 5.65. The average molecular weight is 148 g/mol. The Bertz CT molecular complexity index is 218. The van der Waals surface area contributed by atoms with E-state index in [0.29, 0.717) is 0 Å². The van der Waals surface area contributed by atoms with Crippen molar-refractivity contribution < 1.29 is 0 Å². The second kappa shape index (κ2) is 3.88. The fourth-order valence-electron chi connectivity index (χ4n) is 0.844. The number of pyridine rings is 1. The Balaban J connectivity index is 2.57. The minimum absolute atomic E-state index is 0.0184. The minimum atomic E-state index is 0.0184. The summed E-state index contributed by atoms with van der Waals surface area (Å²) < 4.78 is 0. The van der Waals surface area contributed by atoms with Crippen LogP contribution in [0.4, 0.5) is 0 Å². The van der Waals surface area contributed by atoms with Gasteiger partial charge in [-0.15, -0.1) is 6.58 Å². The summed E-state index contributed by atoms with van der Waals surface area (Å²) in [4.78, 5) is 4.14. The molecule has 2 nitrogen and oxygen atoms in total. The summed E-state index contributed by atoms with van der Waals surface area (Å²) in [6.07, 6.45) is 4.27. The molecule has 2 heteroatoms. The molecule has 0 saturated carbocycles. The molecule has 0 bridgehead atoms. The van der Waals surface area contributed by atoms with Crippen LogP contribution in [0, 0.1) is 0 Å². The molecule has 0 amide bonds. The van der Waals surface area contributed by atoms with Crippen molar-refractivity contribution in [3.8, 4) is 0 Å². The zero-order valence-electron chi connectivity index (χ0n) is 6.40.